The van der Waals surface area contributed by atoms with Crippen LogP contribution in [-0.4, -0.2) is 6.61 Å². The summed E-state index contributed by atoms with van der Waals surface area (Å²) in [4.78, 5) is 0. The van der Waals surface area contributed by atoms with Crippen molar-refractivity contribution in [3.8, 4) is 11.8 Å². The molecule has 0 N–H and O–H groups in total. The summed E-state index contributed by atoms with van der Waals surface area (Å²) in [6.45, 7) is 7.22. The van der Waals surface area contributed by atoms with Crippen molar-refractivity contribution in [2.75, 3.05) is 6.61 Å². The van der Waals surface area contributed by atoms with Crippen LogP contribution in [0.25, 0.3) is 0 Å². The van der Waals surface area contributed by atoms with Crippen LogP contribution in [0.15, 0.2) is 18.2 Å². The first-order valence-corrected chi connectivity index (χ1v) is 6.67. The molecule has 0 unspecified atom stereocenters. The average Bonchev–Trinajstić information content (AvgIpc) is 3.07. The number of aryl methyl sites for hydroxylation is 1. The van der Waals surface area contributed by atoms with Gasteiger partial charge in [-0.3, -0.25) is 0 Å². The lowest BCUT2D eigenvalue weighted by molar-refractivity contribution is 0.236. The summed E-state index contributed by atoms with van der Waals surface area (Å²) >= 11 is 0. The lowest BCUT2D eigenvalue weighted by atomic mass is 9.98. The largest absolute Gasteiger partial charge is 0.493 e. The van der Waals surface area contributed by atoms with Crippen LogP contribution in [0.5, 0.6) is 5.75 Å². The highest BCUT2D eigenvalue weighted by Gasteiger charge is 2.43. The molecule has 0 aromatic heterocycles. The molecule has 1 fully saturated rings. The summed E-state index contributed by atoms with van der Waals surface area (Å²) in [5.41, 5.74) is 2.81. The maximum absolute atomic E-state index is 8.78. The summed E-state index contributed by atoms with van der Waals surface area (Å²) < 4.78 is 5.85. The first-order valence-electron chi connectivity index (χ1n) is 6.67. The molecule has 2 rings (SSSR count). The first kappa shape index (κ1) is 13.0. The second kappa shape index (κ2) is 5.02. The lowest BCUT2D eigenvalue weighted by Crippen LogP contribution is -2.12. The van der Waals surface area contributed by atoms with Crippen LogP contribution in [0.4, 0.5) is 0 Å². The molecule has 18 heavy (non-hydrogen) atoms. The quantitative estimate of drug-likeness (QED) is 0.776. The van der Waals surface area contributed by atoms with Gasteiger partial charge in [0, 0.05) is 11.8 Å². The zero-order chi connectivity index (χ0) is 13.2. The first-order chi connectivity index (χ1) is 8.56. The van der Waals surface area contributed by atoms with Crippen molar-refractivity contribution in [3.05, 3.63) is 29.3 Å². The molecule has 2 heteroatoms. The second-order valence-electron chi connectivity index (χ2n) is 5.80. The molecule has 1 aromatic carbocycles. The summed E-state index contributed by atoms with van der Waals surface area (Å²) in [6.07, 6.45) is 2.88. The predicted molar refractivity (Wildman–Crippen MR) is 72.7 cm³/mol. The van der Waals surface area contributed by atoms with E-state index in [1.807, 2.05) is 6.07 Å². The molecule has 0 atom stereocenters. The fourth-order valence-corrected chi connectivity index (χ4v) is 2.34. The van der Waals surface area contributed by atoms with Crippen molar-refractivity contribution in [1.29, 1.82) is 5.26 Å². The third kappa shape index (κ3) is 2.85. The molecule has 0 aliphatic heterocycles. The maximum atomic E-state index is 8.78. The maximum Gasteiger partial charge on any atom is 0.119 e. The number of nitrogens with zero attached hydrogens (tertiary/aromatic N) is 1. The fourth-order valence-electron chi connectivity index (χ4n) is 2.34. The number of nitriles is 1. The summed E-state index contributed by atoms with van der Waals surface area (Å²) in [6, 6.07) is 8.57. The average molecular weight is 243 g/mol. The third-order valence-corrected chi connectivity index (χ3v) is 3.82. The van der Waals surface area contributed by atoms with E-state index in [2.05, 4.69) is 39.0 Å². The number of benzene rings is 1. The topological polar surface area (TPSA) is 33.0 Å². The Morgan fingerprint density at radius 1 is 1.39 bits per heavy atom. The van der Waals surface area contributed by atoms with Crippen molar-refractivity contribution in [2.45, 2.75) is 46.0 Å². The molecule has 0 saturated heterocycles. The zero-order valence-electron chi connectivity index (χ0n) is 11.5. The van der Waals surface area contributed by atoms with Crippen molar-refractivity contribution < 1.29 is 4.74 Å². The van der Waals surface area contributed by atoms with Crippen molar-refractivity contribution in [1.82, 2.24) is 0 Å². The predicted octanol–water partition coefficient (Wildman–Crippen LogP) is 4.19. The van der Waals surface area contributed by atoms with E-state index in [1.54, 1.807) is 0 Å². The van der Waals surface area contributed by atoms with Crippen molar-refractivity contribution in [3.63, 3.8) is 0 Å². The summed E-state index contributed by atoms with van der Waals surface area (Å²) in [5, 5.41) is 8.78. The Labute approximate surface area is 110 Å². The van der Waals surface area contributed by atoms with Crippen LogP contribution in [0.1, 0.15) is 50.2 Å². The normalized spacial score (nSPS) is 16.4. The van der Waals surface area contributed by atoms with Gasteiger partial charge in [0.25, 0.3) is 0 Å². The van der Waals surface area contributed by atoms with Gasteiger partial charge in [-0.2, -0.15) is 5.26 Å². The highest BCUT2D eigenvalue weighted by molar-refractivity contribution is 5.36. The van der Waals surface area contributed by atoms with E-state index >= 15 is 0 Å². The van der Waals surface area contributed by atoms with Gasteiger partial charge in [-0.1, -0.05) is 19.9 Å². The van der Waals surface area contributed by atoms with Gasteiger partial charge in [0.2, 0.25) is 0 Å². The van der Waals surface area contributed by atoms with Gasteiger partial charge in [-0.15, -0.1) is 0 Å². The minimum Gasteiger partial charge on any atom is -0.493 e. The smallest absolute Gasteiger partial charge is 0.119 e. The van der Waals surface area contributed by atoms with E-state index in [9.17, 15) is 0 Å². The Morgan fingerprint density at radius 3 is 2.61 bits per heavy atom. The van der Waals surface area contributed by atoms with Gasteiger partial charge in [-0.25, -0.2) is 0 Å². The molecular weight excluding hydrogens is 222 g/mol. The SMILES string of the molecule is Cc1cc(OCC2(CC#N)CC2)ccc1C(C)C. The number of rotatable bonds is 5. The molecule has 0 heterocycles. The standard InChI is InChI=1S/C16H21NO/c1-12(2)15-5-4-14(10-13(15)3)18-11-16(6-7-16)8-9-17/h4-5,10,12H,6-8,11H2,1-3H3. The number of hydrogen-bond donors (Lipinski definition) is 0. The zero-order valence-corrected chi connectivity index (χ0v) is 11.5. The Balaban J connectivity index is 1.99. The molecular formula is C16H21NO. The molecule has 1 aliphatic carbocycles. The summed E-state index contributed by atoms with van der Waals surface area (Å²) in [5.74, 6) is 1.48. The fraction of sp³-hybridized carbons (Fsp3) is 0.562. The van der Waals surface area contributed by atoms with Crippen LogP contribution in [0.3, 0.4) is 0 Å². The second-order valence-corrected chi connectivity index (χ2v) is 5.80. The molecule has 1 aromatic rings. The van der Waals surface area contributed by atoms with Crippen molar-refractivity contribution in [2.24, 2.45) is 5.41 Å². The Kier molecular flexibility index (Phi) is 3.61. The van der Waals surface area contributed by atoms with Crippen molar-refractivity contribution >= 4 is 0 Å². The van der Waals surface area contributed by atoms with E-state index in [4.69, 9.17) is 10.00 Å². The Hall–Kier alpha value is -1.49. The Bertz CT molecular complexity index is 466. The van der Waals surface area contributed by atoms with E-state index in [-0.39, 0.29) is 5.41 Å². The van der Waals surface area contributed by atoms with Gasteiger partial charge >= 0.3 is 0 Å². The van der Waals surface area contributed by atoms with Gasteiger partial charge in [0.15, 0.2) is 0 Å². The molecule has 0 bridgehead atoms. The van der Waals surface area contributed by atoms with Crippen LogP contribution in [0.2, 0.25) is 0 Å². The van der Waals surface area contributed by atoms with E-state index in [1.165, 1.54) is 11.1 Å². The molecule has 0 amide bonds. The van der Waals surface area contributed by atoms with E-state index in [0.29, 0.717) is 18.9 Å². The van der Waals surface area contributed by atoms with E-state index < -0.39 is 0 Å². The van der Waals surface area contributed by atoms with Crippen LogP contribution in [-0.2, 0) is 0 Å². The molecule has 0 radical (unpaired) electrons. The van der Waals surface area contributed by atoms with Crippen LogP contribution >= 0.6 is 0 Å². The minimum absolute atomic E-state index is 0.152. The highest BCUT2D eigenvalue weighted by atomic mass is 16.5. The van der Waals surface area contributed by atoms with Gasteiger partial charge < -0.3 is 4.74 Å². The lowest BCUT2D eigenvalue weighted by Gasteiger charge is -2.15. The summed E-state index contributed by atoms with van der Waals surface area (Å²) in [7, 11) is 0. The van der Waals surface area contributed by atoms with Crippen LogP contribution < -0.4 is 4.74 Å². The van der Waals surface area contributed by atoms with Gasteiger partial charge in [-0.05, 0) is 48.9 Å². The third-order valence-electron chi connectivity index (χ3n) is 3.82. The van der Waals surface area contributed by atoms with Gasteiger partial charge in [0.1, 0.15) is 5.75 Å². The molecule has 1 saturated carbocycles. The Morgan fingerprint density at radius 2 is 2.11 bits per heavy atom. The molecule has 1 aliphatic rings. The monoisotopic (exact) mass is 243 g/mol. The van der Waals surface area contributed by atoms with Crippen LogP contribution in [0, 0.1) is 23.7 Å². The minimum atomic E-state index is 0.152. The van der Waals surface area contributed by atoms with Gasteiger partial charge in [0.05, 0.1) is 12.7 Å². The van der Waals surface area contributed by atoms with E-state index in [0.717, 1.165) is 18.6 Å². The molecule has 96 valence electrons. The number of hydrogen-bond acceptors (Lipinski definition) is 2. The molecule has 2 nitrogen and oxygen atoms in total. The molecule has 0 spiro atoms. The number of ether oxygens (including phenoxy) is 1. The highest BCUT2D eigenvalue weighted by Crippen LogP contribution is 2.48.